The largest absolute Gasteiger partial charge is 0.397 e. The van der Waals surface area contributed by atoms with Gasteiger partial charge in [-0.25, -0.2) is 0 Å². The molecule has 0 saturated carbocycles. The summed E-state index contributed by atoms with van der Waals surface area (Å²) >= 11 is 0. The fraction of sp³-hybridized carbons (Fsp3) is 0.125. The molecule has 0 bridgehead atoms. The van der Waals surface area contributed by atoms with Gasteiger partial charge >= 0.3 is 0 Å². The summed E-state index contributed by atoms with van der Waals surface area (Å²) in [5.41, 5.74) is 18.5. The third-order valence-corrected chi connectivity index (χ3v) is 3.57. The van der Waals surface area contributed by atoms with Gasteiger partial charge in [-0.1, -0.05) is 48.5 Å². The summed E-state index contributed by atoms with van der Waals surface area (Å²) in [6.07, 6.45) is 2.00. The molecule has 0 spiro atoms. The van der Waals surface area contributed by atoms with Crippen molar-refractivity contribution in [3.05, 3.63) is 70.8 Å². The lowest BCUT2D eigenvalue weighted by Gasteiger charge is -2.18. The molecule has 0 aliphatic heterocycles. The van der Waals surface area contributed by atoms with Crippen molar-refractivity contribution in [1.29, 1.82) is 0 Å². The van der Waals surface area contributed by atoms with Gasteiger partial charge in [0.25, 0.3) is 0 Å². The van der Waals surface area contributed by atoms with Crippen LogP contribution in [-0.4, -0.2) is 0 Å². The quantitative estimate of drug-likeness (QED) is 0.738. The Labute approximate surface area is 107 Å². The molecule has 2 aromatic rings. The summed E-state index contributed by atoms with van der Waals surface area (Å²) in [5.74, 6) is 0. The molecular weight excluding hydrogens is 220 g/mol. The van der Waals surface area contributed by atoms with Crippen LogP contribution < -0.4 is 11.5 Å². The standard InChI is InChI=1S/C16H16N2/c17-15-13-7-3-1-5-11(13)9-10-12-6-2-4-8-14(12)16(15)18/h1-8H,9-10,17-18H2/b16-15-. The minimum absolute atomic E-state index is 0.692. The molecule has 2 heteroatoms. The van der Waals surface area contributed by atoms with Gasteiger partial charge in [0.15, 0.2) is 0 Å². The number of hydrogen-bond donors (Lipinski definition) is 2. The van der Waals surface area contributed by atoms with E-state index in [0.717, 1.165) is 24.0 Å². The van der Waals surface area contributed by atoms with E-state index in [2.05, 4.69) is 24.3 Å². The summed E-state index contributed by atoms with van der Waals surface area (Å²) < 4.78 is 0. The van der Waals surface area contributed by atoms with Crippen LogP contribution in [0.25, 0.3) is 11.4 Å². The second kappa shape index (κ2) is 4.22. The molecular formula is C16H16N2. The van der Waals surface area contributed by atoms with E-state index >= 15 is 0 Å². The Morgan fingerprint density at radius 2 is 1.00 bits per heavy atom. The third kappa shape index (κ3) is 1.66. The second-order valence-electron chi connectivity index (χ2n) is 4.64. The van der Waals surface area contributed by atoms with E-state index in [1.165, 1.54) is 11.1 Å². The van der Waals surface area contributed by atoms with E-state index in [4.69, 9.17) is 11.5 Å². The predicted octanol–water partition coefficient (Wildman–Crippen LogP) is 2.53. The predicted molar refractivity (Wildman–Crippen MR) is 75.5 cm³/mol. The SMILES string of the molecule is N/C1=C(\N)c2ccccc2CCc2ccccc21. The monoisotopic (exact) mass is 236 g/mol. The Bertz CT molecular complexity index is 571. The van der Waals surface area contributed by atoms with Gasteiger partial charge in [0.05, 0.1) is 11.4 Å². The van der Waals surface area contributed by atoms with Crippen LogP contribution in [-0.2, 0) is 12.8 Å². The Kier molecular flexibility index (Phi) is 2.56. The maximum atomic E-state index is 6.23. The zero-order chi connectivity index (χ0) is 12.5. The Morgan fingerprint density at radius 1 is 0.611 bits per heavy atom. The van der Waals surface area contributed by atoms with Gasteiger partial charge < -0.3 is 11.5 Å². The Morgan fingerprint density at radius 3 is 1.44 bits per heavy atom. The van der Waals surface area contributed by atoms with Crippen molar-refractivity contribution in [3.8, 4) is 0 Å². The molecule has 0 amide bonds. The molecule has 0 unspecified atom stereocenters. The summed E-state index contributed by atoms with van der Waals surface area (Å²) in [7, 11) is 0. The van der Waals surface area contributed by atoms with Crippen molar-refractivity contribution in [2.45, 2.75) is 12.8 Å². The van der Waals surface area contributed by atoms with Crippen molar-refractivity contribution in [3.63, 3.8) is 0 Å². The molecule has 90 valence electrons. The lowest BCUT2D eigenvalue weighted by atomic mass is 9.90. The number of hydrogen-bond acceptors (Lipinski definition) is 2. The molecule has 1 aliphatic rings. The van der Waals surface area contributed by atoms with E-state index in [1.54, 1.807) is 0 Å². The molecule has 0 fully saturated rings. The van der Waals surface area contributed by atoms with Crippen LogP contribution in [0.1, 0.15) is 22.3 Å². The molecule has 0 saturated heterocycles. The molecule has 18 heavy (non-hydrogen) atoms. The summed E-state index contributed by atoms with van der Waals surface area (Å²) in [6, 6.07) is 16.5. The average molecular weight is 236 g/mol. The smallest absolute Gasteiger partial charge is 0.0630 e. The van der Waals surface area contributed by atoms with Gasteiger partial charge in [-0.3, -0.25) is 0 Å². The molecule has 2 nitrogen and oxygen atoms in total. The van der Waals surface area contributed by atoms with Gasteiger partial charge in [-0.05, 0) is 24.0 Å². The first-order chi connectivity index (χ1) is 8.77. The topological polar surface area (TPSA) is 52.0 Å². The van der Waals surface area contributed by atoms with Gasteiger partial charge in [0.2, 0.25) is 0 Å². The number of fused-ring (bicyclic) bond motifs is 2. The van der Waals surface area contributed by atoms with Gasteiger partial charge in [0.1, 0.15) is 0 Å². The molecule has 0 atom stereocenters. The summed E-state index contributed by atoms with van der Waals surface area (Å²) in [5, 5.41) is 0. The molecule has 2 aromatic carbocycles. The van der Waals surface area contributed by atoms with Crippen LogP contribution in [0.15, 0.2) is 48.5 Å². The van der Waals surface area contributed by atoms with Crippen LogP contribution in [0.3, 0.4) is 0 Å². The number of benzene rings is 2. The highest BCUT2D eigenvalue weighted by atomic mass is 14.7. The minimum Gasteiger partial charge on any atom is -0.397 e. The zero-order valence-electron chi connectivity index (χ0n) is 10.2. The maximum Gasteiger partial charge on any atom is 0.0630 e. The second-order valence-corrected chi connectivity index (χ2v) is 4.64. The highest BCUT2D eigenvalue weighted by molar-refractivity contribution is 5.89. The van der Waals surface area contributed by atoms with E-state index in [0.29, 0.717) is 11.4 Å². The lowest BCUT2D eigenvalue weighted by Crippen LogP contribution is -2.14. The van der Waals surface area contributed by atoms with Crippen molar-refractivity contribution in [2.24, 2.45) is 11.5 Å². The van der Waals surface area contributed by atoms with Crippen LogP contribution in [0.4, 0.5) is 0 Å². The van der Waals surface area contributed by atoms with Crippen molar-refractivity contribution in [1.82, 2.24) is 0 Å². The van der Waals surface area contributed by atoms with Crippen molar-refractivity contribution in [2.75, 3.05) is 0 Å². The van der Waals surface area contributed by atoms with Gasteiger partial charge in [0, 0.05) is 11.1 Å². The van der Waals surface area contributed by atoms with Gasteiger partial charge in [-0.15, -0.1) is 0 Å². The van der Waals surface area contributed by atoms with E-state index < -0.39 is 0 Å². The first kappa shape index (κ1) is 10.9. The highest BCUT2D eigenvalue weighted by Gasteiger charge is 2.15. The first-order valence-corrected chi connectivity index (χ1v) is 6.19. The highest BCUT2D eigenvalue weighted by Crippen LogP contribution is 2.28. The number of rotatable bonds is 0. The van der Waals surface area contributed by atoms with Crippen LogP contribution in [0.2, 0.25) is 0 Å². The normalized spacial score (nSPS) is 18.4. The van der Waals surface area contributed by atoms with E-state index in [1.807, 2.05) is 24.3 Å². The molecule has 4 N–H and O–H groups in total. The minimum atomic E-state index is 0.692. The Balaban J connectivity index is 2.27. The van der Waals surface area contributed by atoms with E-state index in [9.17, 15) is 0 Å². The van der Waals surface area contributed by atoms with Crippen LogP contribution >= 0.6 is 0 Å². The molecule has 1 aliphatic carbocycles. The molecule has 3 rings (SSSR count). The molecule has 0 heterocycles. The number of aryl methyl sites for hydroxylation is 2. The van der Waals surface area contributed by atoms with Crippen LogP contribution in [0, 0.1) is 0 Å². The molecule has 0 aromatic heterocycles. The van der Waals surface area contributed by atoms with Crippen molar-refractivity contribution < 1.29 is 0 Å². The summed E-state index contributed by atoms with van der Waals surface area (Å²) in [4.78, 5) is 0. The summed E-state index contributed by atoms with van der Waals surface area (Å²) in [6.45, 7) is 0. The van der Waals surface area contributed by atoms with Crippen LogP contribution in [0.5, 0.6) is 0 Å². The Hall–Kier alpha value is -2.22. The first-order valence-electron chi connectivity index (χ1n) is 6.19. The maximum absolute atomic E-state index is 6.23. The number of nitrogens with two attached hydrogens (primary N) is 2. The van der Waals surface area contributed by atoms with Crippen molar-refractivity contribution >= 4 is 11.4 Å². The third-order valence-electron chi connectivity index (χ3n) is 3.57. The average Bonchev–Trinajstić information content (AvgIpc) is 2.43. The lowest BCUT2D eigenvalue weighted by molar-refractivity contribution is 0.946. The fourth-order valence-electron chi connectivity index (χ4n) is 2.56. The van der Waals surface area contributed by atoms with E-state index in [-0.39, 0.29) is 0 Å². The van der Waals surface area contributed by atoms with Gasteiger partial charge in [-0.2, -0.15) is 0 Å². The fourth-order valence-corrected chi connectivity index (χ4v) is 2.56. The zero-order valence-corrected chi connectivity index (χ0v) is 10.2. The molecule has 0 radical (unpaired) electrons.